The SMILES string of the molecule is C=CCCC(NC(=O)[C@@H]1[C@@H]2[C@H](CN1C(=O)[C@@H](NC(=O)NC13CC4CC(CC(C4)C1)C3)C1Cc3ccccc3C1)C2(C)C)C(=O)C(=O)NCC=C. The summed E-state index contributed by atoms with van der Waals surface area (Å²) < 4.78 is 0. The Balaban J connectivity index is 1.12. The van der Waals surface area contributed by atoms with Gasteiger partial charge in [0.1, 0.15) is 12.1 Å². The van der Waals surface area contributed by atoms with E-state index in [1.807, 2.05) is 12.1 Å². The van der Waals surface area contributed by atoms with Gasteiger partial charge in [0.15, 0.2) is 0 Å². The number of rotatable bonds is 13. The second-order valence-corrected chi connectivity index (χ2v) is 16.9. The van der Waals surface area contributed by atoms with Gasteiger partial charge < -0.3 is 26.2 Å². The molecule has 0 aromatic heterocycles. The number of hydrogen-bond donors (Lipinski definition) is 4. The largest absolute Gasteiger partial charge is 0.346 e. The first-order valence-corrected chi connectivity index (χ1v) is 18.7. The molecule has 10 heteroatoms. The Morgan fingerprint density at radius 2 is 1.54 bits per heavy atom. The molecule has 268 valence electrons. The van der Waals surface area contributed by atoms with Crippen LogP contribution in [0, 0.1) is 40.9 Å². The molecule has 1 saturated heterocycles. The number of ketones is 1. The first kappa shape index (κ1) is 34.5. The van der Waals surface area contributed by atoms with Gasteiger partial charge in [-0.1, -0.05) is 50.3 Å². The fourth-order valence-electron chi connectivity index (χ4n) is 11.1. The first-order valence-electron chi connectivity index (χ1n) is 18.7. The number of nitrogens with zero attached hydrogens (tertiary/aromatic N) is 1. The van der Waals surface area contributed by atoms with Crippen LogP contribution in [0.5, 0.6) is 0 Å². The second kappa shape index (κ2) is 13.3. The number of amides is 5. The highest BCUT2D eigenvalue weighted by Gasteiger charge is 2.70. The van der Waals surface area contributed by atoms with Crippen molar-refractivity contribution < 1.29 is 24.0 Å². The third-order valence-corrected chi connectivity index (χ3v) is 13.2. The molecule has 6 aliphatic carbocycles. The number of urea groups is 1. The predicted octanol–water partition coefficient (Wildman–Crippen LogP) is 3.84. The lowest BCUT2D eigenvalue weighted by Crippen LogP contribution is -2.64. The molecule has 1 unspecified atom stereocenters. The van der Waals surface area contributed by atoms with E-state index in [4.69, 9.17) is 0 Å². The smallest absolute Gasteiger partial charge is 0.315 e. The number of likely N-dealkylation sites (tertiary alicyclic amines) is 1. The van der Waals surface area contributed by atoms with E-state index in [0.29, 0.717) is 43.6 Å². The van der Waals surface area contributed by atoms with Gasteiger partial charge in [-0.15, -0.1) is 13.2 Å². The highest BCUT2D eigenvalue weighted by atomic mass is 16.2. The molecule has 1 heterocycles. The van der Waals surface area contributed by atoms with Crippen molar-refractivity contribution >= 4 is 29.5 Å². The Kier molecular flexibility index (Phi) is 9.18. The maximum Gasteiger partial charge on any atom is 0.315 e. The van der Waals surface area contributed by atoms with Crippen molar-refractivity contribution in [3.05, 3.63) is 60.7 Å². The summed E-state index contributed by atoms with van der Waals surface area (Å²) in [6.45, 7) is 12.1. The van der Waals surface area contributed by atoms with Crippen molar-refractivity contribution in [1.82, 2.24) is 26.2 Å². The van der Waals surface area contributed by atoms with Gasteiger partial charge in [-0.2, -0.15) is 0 Å². The highest BCUT2D eigenvalue weighted by Crippen LogP contribution is 2.65. The molecule has 50 heavy (non-hydrogen) atoms. The van der Waals surface area contributed by atoms with Crippen molar-refractivity contribution in [3.63, 3.8) is 0 Å². The van der Waals surface area contributed by atoms with Crippen LogP contribution in [0.2, 0.25) is 0 Å². The van der Waals surface area contributed by atoms with Gasteiger partial charge in [0.25, 0.3) is 5.91 Å². The lowest BCUT2D eigenvalue weighted by Gasteiger charge is -2.56. The van der Waals surface area contributed by atoms with Crippen molar-refractivity contribution in [3.8, 4) is 0 Å². The molecule has 8 rings (SSSR count). The minimum Gasteiger partial charge on any atom is -0.346 e. The minimum absolute atomic E-state index is 0.0986. The van der Waals surface area contributed by atoms with Crippen LogP contribution in [-0.4, -0.2) is 71.2 Å². The topological polar surface area (TPSA) is 137 Å². The van der Waals surface area contributed by atoms with E-state index < -0.39 is 35.7 Å². The fourth-order valence-corrected chi connectivity index (χ4v) is 11.1. The lowest BCUT2D eigenvalue weighted by molar-refractivity contribution is -0.144. The van der Waals surface area contributed by atoms with E-state index >= 15 is 0 Å². The molecule has 6 fully saturated rings. The summed E-state index contributed by atoms with van der Waals surface area (Å²) in [4.78, 5) is 70.5. The Labute approximate surface area is 295 Å². The van der Waals surface area contributed by atoms with Gasteiger partial charge in [-0.05, 0) is 116 Å². The van der Waals surface area contributed by atoms with E-state index in [1.165, 1.54) is 36.5 Å². The molecule has 5 saturated carbocycles. The van der Waals surface area contributed by atoms with Crippen LogP contribution in [0.1, 0.15) is 76.3 Å². The van der Waals surface area contributed by atoms with Crippen LogP contribution in [-0.2, 0) is 32.0 Å². The van der Waals surface area contributed by atoms with E-state index in [2.05, 4.69) is 60.4 Å². The summed E-state index contributed by atoms with van der Waals surface area (Å²) in [6, 6.07) is 5.17. The third-order valence-electron chi connectivity index (χ3n) is 13.2. The van der Waals surface area contributed by atoms with Crippen molar-refractivity contribution in [1.29, 1.82) is 0 Å². The summed E-state index contributed by atoms with van der Waals surface area (Å²) in [5, 5.41) is 12.0. The van der Waals surface area contributed by atoms with E-state index in [9.17, 15) is 24.0 Å². The number of hydrogen-bond acceptors (Lipinski definition) is 5. The van der Waals surface area contributed by atoms with Crippen LogP contribution >= 0.6 is 0 Å². The zero-order chi connectivity index (χ0) is 35.4. The summed E-state index contributed by atoms with van der Waals surface area (Å²) >= 11 is 0. The molecule has 0 spiro atoms. The number of Topliss-reactive ketones (excluding diaryl/α,β-unsaturated/α-hetero) is 1. The molecular formula is C40H53N5O5. The molecule has 5 amide bonds. The number of nitrogens with one attached hydrogen (secondary N) is 4. The predicted molar refractivity (Wildman–Crippen MR) is 190 cm³/mol. The van der Waals surface area contributed by atoms with Gasteiger partial charge in [-0.25, -0.2) is 4.79 Å². The maximum atomic E-state index is 14.8. The summed E-state index contributed by atoms with van der Waals surface area (Å²) in [5.41, 5.74) is 1.98. The molecule has 7 aliphatic rings. The molecule has 10 nitrogen and oxygen atoms in total. The second-order valence-electron chi connectivity index (χ2n) is 16.9. The Morgan fingerprint density at radius 1 is 0.920 bits per heavy atom. The molecule has 4 N–H and O–H groups in total. The fraction of sp³-hybridized carbons (Fsp3) is 0.625. The van der Waals surface area contributed by atoms with Crippen LogP contribution in [0.4, 0.5) is 4.79 Å². The Hall–Kier alpha value is -3.95. The van der Waals surface area contributed by atoms with Crippen LogP contribution in [0.3, 0.4) is 0 Å². The molecule has 5 atom stereocenters. The average Bonchev–Trinajstić information content (AvgIpc) is 3.42. The standard InChI is InChI=1S/C40H53N5O5/c1-5-7-12-30(34(46)36(48)41-13-6-2)42-35(47)33-31-29(39(31,3)4)22-45(33)37(49)32(28-17-26-10-8-9-11-27(26)18-28)43-38(50)44-40-19-23-14-24(20-40)16-25(15-23)21-40/h5-6,8-11,23-25,28-33H,1-2,7,12-22H2,3-4H3,(H,41,48)(H,42,47)(H2,43,44,50)/t23?,24?,25?,29-,30?,31-,32-,33-,40?/m0/s1. The summed E-state index contributed by atoms with van der Waals surface area (Å²) in [5.74, 6) is -0.390. The van der Waals surface area contributed by atoms with Gasteiger partial charge in [0.2, 0.25) is 17.6 Å². The Morgan fingerprint density at radius 3 is 2.12 bits per heavy atom. The van der Waals surface area contributed by atoms with Gasteiger partial charge in [0.05, 0.1) is 6.04 Å². The number of carbonyl (C=O) groups is 5. The maximum absolute atomic E-state index is 14.8. The van der Waals surface area contributed by atoms with Crippen LogP contribution < -0.4 is 21.3 Å². The first-order chi connectivity index (χ1) is 23.9. The zero-order valence-corrected chi connectivity index (χ0v) is 29.5. The van der Waals surface area contributed by atoms with Crippen molar-refractivity contribution in [2.24, 2.45) is 40.9 Å². The number of piperidine rings is 1. The molecular weight excluding hydrogens is 630 g/mol. The highest BCUT2D eigenvalue weighted by molar-refractivity contribution is 6.38. The van der Waals surface area contributed by atoms with E-state index in [1.54, 1.807) is 11.0 Å². The number of benzene rings is 1. The van der Waals surface area contributed by atoms with Crippen LogP contribution in [0.15, 0.2) is 49.6 Å². The molecule has 4 bridgehead atoms. The molecule has 1 aromatic carbocycles. The van der Waals surface area contributed by atoms with Gasteiger partial charge in [0, 0.05) is 18.6 Å². The Bertz CT molecular complexity index is 1520. The van der Waals surface area contributed by atoms with Crippen molar-refractivity contribution in [2.45, 2.75) is 102 Å². The summed E-state index contributed by atoms with van der Waals surface area (Å²) in [7, 11) is 0. The third kappa shape index (κ3) is 6.39. The number of carbonyl (C=O) groups excluding carboxylic acids is 5. The monoisotopic (exact) mass is 683 g/mol. The van der Waals surface area contributed by atoms with Crippen molar-refractivity contribution in [2.75, 3.05) is 13.1 Å². The lowest BCUT2D eigenvalue weighted by atomic mass is 9.53. The van der Waals surface area contributed by atoms with E-state index in [0.717, 1.165) is 19.3 Å². The minimum atomic E-state index is -1.06. The average molecular weight is 684 g/mol. The zero-order valence-electron chi connectivity index (χ0n) is 29.5. The molecule has 1 aliphatic heterocycles. The number of fused-ring (bicyclic) bond motifs is 2. The van der Waals surface area contributed by atoms with Gasteiger partial charge >= 0.3 is 6.03 Å². The van der Waals surface area contributed by atoms with Gasteiger partial charge in [-0.3, -0.25) is 19.2 Å². The summed E-state index contributed by atoms with van der Waals surface area (Å²) in [6.07, 6.45) is 11.9. The quantitative estimate of drug-likeness (QED) is 0.185. The molecule has 1 aromatic rings. The van der Waals surface area contributed by atoms with Crippen LogP contribution in [0.25, 0.3) is 0 Å². The number of allylic oxidation sites excluding steroid dienone is 1. The normalized spacial score (nSPS) is 32.2. The molecule has 0 radical (unpaired) electrons. The van der Waals surface area contributed by atoms with E-state index in [-0.39, 0.29) is 53.6 Å².